The van der Waals surface area contributed by atoms with Crippen LogP contribution in [0.1, 0.15) is 105 Å². The molecular formula is C65H64N8O5. The van der Waals surface area contributed by atoms with E-state index in [1.807, 2.05) is 217 Å². The summed E-state index contributed by atoms with van der Waals surface area (Å²) in [4.78, 5) is 90.8. The highest BCUT2D eigenvalue weighted by Gasteiger charge is 2.34. The minimum absolute atomic E-state index is 0.192. The van der Waals surface area contributed by atoms with E-state index < -0.39 is 21.7 Å². The minimum atomic E-state index is -0.764. The number of carbonyl (C=O) groups excluding carboxylic acids is 5. The first kappa shape index (κ1) is 53.8. The molecule has 4 amide bonds. The Bertz CT molecular complexity index is 3680. The average Bonchev–Trinajstić information content (AvgIpc) is 4.28. The fraction of sp³-hybridized carbons (Fsp3) is 0.246. The van der Waals surface area contributed by atoms with E-state index in [0.717, 1.165) is 6.29 Å². The van der Waals surface area contributed by atoms with Gasteiger partial charge in [-0.25, -0.2) is 20.0 Å². The number of carbonyl (C=O) groups is 5. The molecule has 9 rings (SSSR count). The van der Waals surface area contributed by atoms with Crippen molar-refractivity contribution in [3.63, 3.8) is 0 Å². The molecule has 5 aliphatic rings. The third-order valence-electron chi connectivity index (χ3n) is 13.4. The van der Waals surface area contributed by atoms with E-state index in [9.17, 15) is 24.0 Å². The minimum Gasteiger partial charge on any atom is -0.325 e. The van der Waals surface area contributed by atoms with Gasteiger partial charge in [-0.15, -0.1) is 0 Å². The maximum Gasteiger partial charge on any atom is 0.229 e. The maximum absolute atomic E-state index is 13.9. The number of hydrogen-bond donors (Lipinski definition) is 4. The van der Waals surface area contributed by atoms with Crippen molar-refractivity contribution in [2.45, 2.75) is 83.1 Å². The van der Waals surface area contributed by atoms with Crippen molar-refractivity contribution in [3.05, 3.63) is 190 Å². The predicted octanol–water partition coefficient (Wildman–Crippen LogP) is 13.2. The van der Waals surface area contributed by atoms with E-state index in [2.05, 4.69) is 21.3 Å². The van der Waals surface area contributed by atoms with Gasteiger partial charge in [0.25, 0.3) is 0 Å². The SMILES string of the molecule is CC(C)(C)C(=O)Nc1ccccc1C1=C2C=CC(=N2)C(c2ccccc2NC(=O)C(C)(C)C)=C2C=CC(=N2)C(c2ccccc2NC(=O)C(C)(C)C)=C2N=C(C=C2C=O)C(c2ccccc2NC(=O)C(C)(C)C)=C2C=CC1=N2. The standard InChI is InChI=1S/C65H64N8O5/c1-62(2,3)58(75)70-42-25-17-13-21-38(42)53-46-29-30-47(66-46)54(39-22-14-18-26-43(39)71-59(76)63(4,5)6)49-33-34-51(68-49)56(41-24-16-20-28-45(41)73-61(78)65(10,11)12)57-37(36-74)35-52(69-57)55(50-32-31-48(53)67-50)40-23-15-19-27-44(40)72-60(77)64(7,8)9/h13-36H,1-12H3,(H,70,75)(H,71,76)(H,72,77)(H,73,78). The molecule has 13 nitrogen and oxygen atoms in total. The fourth-order valence-electron chi connectivity index (χ4n) is 8.86. The van der Waals surface area contributed by atoms with Crippen molar-refractivity contribution < 1.29 is 24.0 Å². The molecule has 0 unspecified atom stereocenters. The summed E-state index contributed by atoms with van der Waals surface area (Å²) in [6, 6.07) is 29.8. The van der Waals surface area contributed by atoms with Gasteiger partial charge < -0.3 is 21.3 Å². The molecule has 4 aromatic rings. The van der Waals surface area contributed by atoms with Gasteiger partial charge in [0.15, 0.2) is 6.29 Å². The molecule has 5 heterocycles. The Hall–Kier alpha value is -8.97. The molecule has 8 bridgehead atoms. The summed E-state index contributed by atoms with van der Waals surface area (Å²) in [5, 5.41) is 12.7. The molecule has 4 aromatic carbocycles. The number of fused-ring (bicyclic) bond motifs is 4. The second kappa shape index (κ2) is 20.5. The van der Waals surface area contributed by atoms with Crippen molar-refractivity contribution >= 4 is 97.8 Å². The molecule has 0 saturated heterocycles. The molecule has 5 aliphatic heterocycles. The zero-order valence-electron chi connectivity index (χ0n) is 46.2. The van der Waals surface area contributed by atoms with E-state index in [1.165, 1.54) is 0 Å². The zero-order valence-corrected chi connectivity index (χ0v) is 46.2. The molecule has 4 N–H and O–H groups in total. The Morgan fingerprint density at radius 1 is 0.359 bits per heavy atom. The van der Waals surface area contributed by atoms with Gasteiger partial charge in [-0.1, -0.05) is 156 Å². The number of allylic oxidation sites excluding steroid dienone is 12. The van der Waals surface area contributed by atoms with Gasteiger partial charge in [0.1, 0.15) is 0 Å². The van der Waals surface area contributed by atoms with Crippen LogP contribution in [0.2, 0.25) is 0 Å². The molecule has 0 atom stereocenters. The summed E-state index contributed by atoms with van der Waals surface area (Å²) in [7, 11) is 0. The molecular weight excluding hydrogens is 973 g/mol. The highest BCUT2D eigenvalue weighted by molar-refractivity contribution is 6.41. The van der Waals surface area contributed by atoms with Crippen LogP contribution in [-0.2, 0) is 24.0 Å². The molecule has 0 saturated carbocycles. The number of para-hydroxylation sites is 4. The number of amides is 4. The molecule has 0 spiro atoms. The Kier molecular flexibility index (Phi) is 14.2. The third-order valence-corrected chi connectivity index (χ3v) is 13.4. The number of benzene rings is 4. The molecule has 0 fully saturated rings. The molecule has 394 valence electrons. The number of aldehydes is 1. The van der Waals surface area contributed by atoms with Gasteiger partial charge in [-0.3, -0.25) is 24.0 Å². The van der Waals surface area contributed by atoms with E-state index in [0.29, 0.717) is 107 Å². The van der Waals surface area contributed by atoms with Crippen LogP contribution in [0.5, 0.6) is 0 Å². The highest BCUT2D eigenvalue weighted by atomic mass is 16.2. The largest absolute Gasteiger partial charge is 0.325 e. The maximum atomic E-state index is 13.9. The smallest absolute Gasteiger partial charge is 0.229 e. The number of anilines is 4. The van der Waals surface area contributed by atoms with Crippen LogP contribution in [0.3, 0.4) is 0 Å². The monoisotopic (exact) mass is 1040 g/mol. The second-order valence-corrected chi connectivity index (χ2v) is 23.7. The summed E-state index contributed by atoms with van der Waals surface area (Å²) in [6.07, 6.45) is 13.8. The molecule has 78 heavy (non-hydrogen) atoms. The summed E-state index contributed by atoms with van der Waals surface area (Å²) < 4.78 is 0. The Balaban J connectivity index is 1.42. The van der Waals surface area contributed by atoms with Crippen molar-refractivity contribution in [3.8, 4) is 0 Å². The van der Waals surface area contributed by atoms with Crippen LogP contribution in [-0.4, -0.2) is 52.8 Å². The lowest BCUT2D eigenvalue weighted by Crippen LogP contribution is -2.28. The van der Waals surface area contributed by atoms with Crippen LogP contribution >= 0.6 is 0 Å². The van der Waals surface area contributed by atoms with Crippen molar-refractivity contribution in [1.82, 2.24) is 0 Å². The topological polar surface area (TPSA) is 183 Å². The summed E-state index contributed by atoms with van der Waals surface area (Å²) in [6.45, 7) is 22.1. The van der Waals surface area contributed by atoms with Crippen molar-refractivity contribution in [2.75, 3.05) is 21.3 Å². The summed E-state index contributed by atoms with van der Waals surface area (Å²) in [5.74, 6) is -0.835. The number of aliphatic imine (C=N–C) groups is 4. The quantitative estimate of drug-likeness (QED) is 0.121. The van der Waals surface area contributed by atoms with E-state index in [4.69, 9.17) is 20.0 Å². The molecule has 0 radical (unpaired) electrons. The van der Waals surface area contributed by atoms with Crippen molar-refractivity contribution in [2.24, 2.45) is 41.6 Å². The van der Waals surface area contributed by atoms with Crippen LogP contribution in [0, 0.1) is 21.7 Å². The number of hydrogen-bond acceptors (Lipinski definition) is 9. The van der Waals surface area contributed by atoms with E-state index in [1.54, 1.807) is 6.08 Å². The second-order valence-electron chi connectivity index (χ2n) is 23.7. The Morgan fingerprint density at radius 2 is 0.628 bits per heavy atom. The first-order chi connectivity index (χ1) is 36.8. The fourth-order valence-corrected chi connectivity index (χ4v) is 8.86. The zero-order chi connectivity index (χ0) is 56.1. The van der Waals surface area contributed by atoms with E-state index >= 15 is 0 Å². The van der Waals surface area contributed by atoms with Crippen LogP contribution in [0.15, 0.2) is 188 Å². The number of rotatable bonds is 9. The van der Waals surface area contributed by atoms with Gasteiger partial charge in [0.2, 0.25) is 23.6 Å². The predicted molar refractivity (Wildman–Crippen MR) is 317 cm³/mol. The number of nitrogens with one attached hydrogen (secondary N) is 4. The normalized spacial score (nSPS) is 16.2. The van der Waals surface area contributed by atoms with Crippen molar-refractivity contribution in [1.29, 1.82) is 0 Å². The first-order valence-electron chi connectivity index (χ1n) is 26.0. The van der Waals surface area contributed by atoms with Gasteiger partial charge >= 0.3 is 0 Å². The molecule has 0 aromatic heterocycles. The van der Waals surface area contributed by atoms with Gasteiger partial charge in [-0.2, -0.15) is 0 Å². The van der Waals surface area contributed by atoms with Gasteiger partial charge in [0, 0.05) is 94.5 Å². The first-order valence-corrected chi connectivity index (χ1v) is 26.0. The van der Waals surface area contributed by atoms with Crippen LogP contribution < -0.4 is 21.3 Å². The summed E-state index contributed by atoms with van der Waals surface area (Å²) >= 11 is 0. The van der Waals surface area contributed by atoms with Gasteiger partial charge in [-0.05, 0) is 66.8 Å². The van der Waals surface area contributed by atoms with Crippen LogP contribution in [0.4, 0.5) is 22.7 Å². The van der Waals surface area contributed by atoms with Gasteiger partial charge in [0.05, 0.1) is 45.6 Å². The Morgan fingerprint density at radius 3 is 0.923 bits per heavy atom. The lowest BCUT2D eigenvalue weighted by atomic mass is 9.92. The lowest BCUT2D eigenvalue weighted by Gasteiger charge is -2.21. The molecule has 13 heteroatoms. The Labute approximate surface area is 456 Å². The average molecular weight is 1040 g/mol. The lowest BCUT2D eigenvalue weighted by molar-refractivity contribution is -0.123. The van der Waals surface area contributed by atoms with E-state index in [-0.39, 0.29) is 34.9 Å². The molecule has 0 aliphatic carbocycles. The number of nitrogens with zero attached hydrogens (tertiary/aromatic N) is 4. The van der Waals surface area contributed by atoms with Crippen LogP contribution in [0.25, 0.3) is 22.3 Å². The third kappa shape index (κ3) is 10.9. The summed E-state index contributed by atoms with van der Waals surface area (Å²) in [5.41, 5.74) is 7.36. The highest BCUT2D eigenvalue weighted by Crippen LogP contribution is 2.44.